The lowest BCUT2D eigenvalue weighted by Crippen LogP contribution is -2.11. The van der Waals surface area contributed by atoms with Gasteiger partial charge in [-0.15, -0.1) is 0 Å². The monoisotopic (exact) mass is 1180 g/mol. The van der Waals surface area contributed by atoms with Crippen molar-refractivity contribution in [1.82, 2.24) is 9.13 Å². The Bertz CT molecular complexity index is 5350. The molecule has 434 valence electrons. The third-order valence-corrected chi connectivity index (χ3v) is 17.8. The van der Waals surface area contributed by atoms with Crippen LogP contribution in [0.3, 0.4) is 0 Å². The van der Waals surface area contributed by atoms with Gasteiger partial charge in [-0.2, -0.15) is 0 Å². The van der Waals surface area contributed by atoms with Crippen LogP contribution in [0.2, 0.25) is 0 Å². The summed E-state index contributed by atoms with van der Waals surface area (Å²) >= 11 is 0. The predicted molar refractivity (Wildman–Crippen MR) is 392 cm³/mol. The van der Waals surface area contributed by atoms with E-state index in [0.717, 1.165) is 145 Å². The number of hydrogen-bond donors (Lipinski definition) is 0. The van der Waals surface area contributed by atoms with Crippen LogP contribution in [0.25, 0.3) is 123 Å². The number of rotatable bonds is 15. The van der Waals surface area contributed by atoms with Gasteiger partial charge in [-0.1, -0.05) is 244 Å². The molecule has 0 N–H and O–H groups in total. The lowest BCUT2D eigenvalue weighted by Gasteiger charge is -2.29. The maximum absolute atomic E-state index is 8.34. The zero-order chi connectivity index (χ0) is 66.4. The lowest BCUT2D eigenvalue weighted by atomic mass is 9.95. The van der Waals surface area contributed by atoms with E-state index in [-0.39, 0.29) is 12.1 Å². The van der Waals surface area contributed by atoms with Gasteiger partial charge in [-0.05, 0) is 177 Å². The summed E-state index contributed by atoms with van der Waals surface area (Å²) in [4.78, 5) is 4.73. The van der Waals surface area contributed by atoms with E-state index in [1.54, 1.807) is 0 Å². The van der Waals surface area contributed by atoms with Crippen molar-refractivity contribution in [3.05, 3.63) is 364 Å². The van der Waals surface area contributed by atoms with E-state index < -0.39 is 13.1 Å². The van der Waals surface area contributed by atoms with Crippen LogP contribution < -0.4 is 9.80 Å². The number of aromatic nitrogens is 2. The fraction of sp³-hybridized carbons (Fsp3) is 0. The van der Waals surface area contributed by atoms with Gasteiger partial charge in [0.1, 0.15) is 0 Å². The molecule has 0 fully saturated rings. The van der Waals surface area contributed by atoms with Crippen molar-refractivity contribution in [3.63, 3.8) is 0 Å². The first-order chi connectivity index (χ1) is 48.1. The fourth-order valence-electron chi connectivity index (χ4n) is 13.4. The van der Waals surface area contributed by atoms with E-state index in [2.05, 4.69) is 298 Å². The molecule has 0 saturated heterocycles. The standard InChI is InChI=1S/C88H62N4/c1-3-61-33-37-65(38-34-61)69-45-53-85(79(57-69)67-21-9-5-10-22-67)89(75-51-55-87-81(59-75)77-29-17-19-31-83(77)91(87)71-25-13-7-14-26-71)73-47-41-63(42-48-73)64-43-49-74(50-44-64)90(76-52-56-88-82(60-76)78-30-18-20-32-84(78)92(88)72-27-15-8-16-28-72)86-54-46-70(66-39-35-62(4-2)36-40-66)58-80(86)68-23-11-6-12-24-68/h3-60H,1-2H2/i1D2,2D2,3D,4D. The van der Waals surface area contributed by atoms with Gasteiger partial charge in [-0.25, -0.2) is 0 Å². The van der Waals surface area contributed by atoms with Crippen molar-refractivity contribution in [2.45, 2.75) is 0 Å². The molecular formula is C88H62N4. The third-order valence-electron chi connectivity index (χ3n) is 17.8. The molecule has 4 nitrogen and oxygen atoms in total. The number of fused-ring (bicyclic) bond motifs is 6. The van der Waals surface area contributed by atoms with Gasteiger partial charge in [0.25, 0.3) is 0 Å². The van der Waals surface area contributed by atoms with Crippen LogP contribution in [0.4, 0.5) is 34.1 Å². The summed E-state index contributed by atoms with van der Waals surface area (Å²) in [6.45, 7) is -1.04. The molecule has 0 unspecified atom stereocenters. The molecule has 16 rings (SSSR count). The summed E-state index contributed by atoms with van der Waals surface area (Å²) in [5.74, 6) is 0. The van der Waals surface area contributed by atoms with Crippen molar-refractivity contribution in [2.75, 3.05) is 9.80 Å². The predicted octanol–water partition coefficient (Wildman–Crippen LogP) is 24.4. The topological polar surface area (TPSA) is 16.3 Å². The second-order valence-corrected chi connectivity index (χ2v) is 23.1. The summed E-state index contributed by atoms with van der Waals surface area (Å²) in [6.07, 6.45) is 0. The van der Waals surface area contributed by atoms with Gasteiger partial charge < -0.3 is 18.9 Å². The highest BCUT2D eigenvalue weighted by atomic mass is 15.2. The second kappa shape index (κ2) is 23.7. The van der Waals surface area contributed by atoms with E-state index in [1.165, 1.54) is 0 Å². The van der Waals surface area contributed by atoms with E-state index in [9.17, 15) is 0 Å². The van der Waals surface area contributed by atoms with Crippen molar-refractivity contribution in [2.24, 2.45) is 0 Å². The summed E-state index contributed by atoms with van der Waals surface area (Å²) in [5, 5.41) is 4.57. The Morgan fingerprint density at radius 2 is 0.576 bits per heavy atom. The molecule has 2 heterocycles. The molecular weight excluding hydrogens is 1110 g/mol. The summed E-state index contributed by atoms with van der Waals surface area (Å²) in [6, 6.07) is 119. The number of benzene rings is 14. The quantitative estimate of drug-likeness (QED) is 0.102. The maximum atomic E-state index is 8.34. The molecule has 16 aromatic rings. The third kappa shape index (κ3) is 10.0. The Balaban J connectivity index is 0.831. The van der Waals surface area contributed by atoms with Crippen molar-refractivity contribution >= 4 is 89.8 Å². The minimum Gasteiger partial charge on any atom is -0.310 e. The van der Waals surface area contributed by atoms with Crippen LogP contribution in [0.1, 0.15) is 19.4 Å². The highest BCUT2D eigenvalue weighted by molar-refractivity contribution is 6.12. The minimum atomic E-state index is -0.521. The first-order valence-corrected chi connectivity index (χ1v) is 31.0. The molecule has 0 radical (unpaired) electrons. The molecule has 0 aliphatic carbocycles. The Morgan fingerprint density at radius 3 is 0.967 bits per heavy atom. The Kier molecular flexibility index (Phi) is 12.6. The normalized spacial score (nSPS) is 12.2. The zero-order valence-electron chi connectivity index (χ0n) is 56.1. The van der Waals surface area contributed by atoms with Gasteiger partial charge in [0.05, 0.1) is 41.7 Å². The smallest absolute Gasteiger partial charge is 0.0623 e. The van der Waals surface area contributed by atoms with Crippen LogP contribution >= 0.6 is 0 Å². The number of nitrogens with zero attached hydrogens (tertiary/aromatic N) is 4. The summed E-state index contributed by atoms with van der Waals surface area (Å²) in [7, 11) is 0. The van der Waals surface area contributed by atoms with Crippen LogP contribution in [-0.4, -0.2) is 9.13 Å². The SMILES string of the molecule is [2H]C([2H])=C([2H])c1ccc(-c2ccc(N(c3ccc(-c4ccc(N(c5ccc6c(c5)c5ccccc5n6-c5ccccc5)c5ccc(-c6ccc(C([2H])=C([2H])[2H])cc6)cc5-c5ccccc5)cc4)cc3)c3ccc4c(c3)c3ccccc3n4-c3ccccc3)c(-c3ccccc3)c2)cc1. The average Bonchev–Trinajstić information content (AvgIpc) is 1.55. The number of para-hydroxylation sites is 4. The van der Waals surface area contributed by atoms with Gasteiger partial charge in [0, 0.05) is 66.8 Å². The Labute approximate surface area is 545 Å². The molecule has 14 aromatic carbocycles. The molecule has 0 aliphatic rings. The van der Waals surface area contributed by atoms with Gasteiger partial charge in [0.2, 0.25) is 0 Å². The Hall–Kier alpha value is -12.2. The fourth-order valence-corrected chi connectivity index (χ4v) is 13.4. The first-order valence-electron chi connectivity index (χ1n) is 34.0. The molecule has 92 heavy (non-hydrogen) atoms. The van der Waals surface area contributed by atoms with Crippen LogP contribution in [0.5, 0.6) is 0 Å². The molecule has 0 saturated carbocycles. The van der Waals surface area contributed by atoms with E-state index in [0.29, 0.717) is 11.1 Å². The maximum Gasteiger partial charge on any atom is 0.0623 e. The van der Waals surface area contributed by atoms with Gasteiger partial charge in [0.15, 0.2) is 0 Å². The lowest BCUT2D eigenvalue weighted by molar-refractivity contribution is 1.18. The van der Waals surface area contributed by atoms with E-state index >= 15 is 0 Å². The van der Waals surface area contributed by atoms with Crippen molar-refractivity contribution in [1.29, 1.82) is 0 Å². The summed E-state index contributed by atoms with van der Waals surface area (Å²) < 4.78 is 52.5. The molecule has 0 aliphatic heterocycles. The van der Waals surface area contributed by atoms with Crippen LogP contribution in [0, 0.1) is 0 Å². The summed E-state index contributed by atoms with van der Waals surface area (Å²) in [5.41, 5.74) is 23.7. The first kappa shape index (κ1) is 48.7. The average molecular weight is 1180 g/mol. The molecule has 0 bridgehead atoms. The van der Waals surface area contributed by atoms with Crippen LogP contribution in [0.15, 0.2) is 353 Å². The number of anilines is 6. The van der Waals surface area contributed by atoms with Crippen molar-refractivity contribution < 1.29 is 8.22 Å². The second-order valence-electron chi connectivity index (χ2n) is 23.1. The van der Waals surface area contributed by atoms with E-state index in [4.69, 9.17) is 8.22 Å². The van der Waals surface area contributed by atoms with Crippen LogP contribution in [-0.2, 0) is 0 Å². The molecule has 0 atom stereocenters. The molecule has 0 amide bonds. The van der Waals surface area contributed by atoms with Gasteiger partial charge >= 0.3 is 0 Å². The van der Waals surface area contributed by atoms with Crippen molar-refractivity contribution in [3.8, 4) is 67.0 Å². The molecule has 2 aromatic heterocycles. The highest BCUT2D eigenvalue weighted by Gasteiger charge is 2.24. The largest absolute Gasteiger partial charge is 0.310 e. The highest BCUT2D eigenvalue weighted by Crippen LogP contribution is 2.48. The Morgan fingerprint density at radius 1 is 0.261 bits per heavy atom. The zero-order valence-corrected chi connectivity index (χ0v) is 50.1. The minimum absolute atomic E-state index is 0.119. The molecule has 4 heteroatoms. The van der Waals surface area contributed by atoms with Gasteiger partial charge in [-0.3, -0.25) is 0 Å². The van der Waals surface area contributed by atoms with E-state index in [1.807, 2.05) is 60.7 Å². The molecule has 0 spiro atoms. The number of hydrogen-bond acceptors (Lipinski definition) is 2.